The third kappa shape index (κ3) is 2.92. The van der Waals surface area contributed by atoms with Crippen LogP contribution in [0.3, 0.4) is 0 Å². The van der Waals surface area contributed by atoms with Crippen LogP contribution in [0.2, 0.25) is 0 Å². The Bertz CT molecular complexity index is 544. The normalized spacial score (nSPS) is 16.3. The molecule has 0 bridgehead atoms. The zero-order valence-electron chi connectivity index (χ0n) is 10.7. The number of aliphatic carboxylic acids is 1. The number of nitrogens with one attached hydrogen (secondary N) is 1. The van der Waals surface area contributed by atoms with Crippen molar-refractivity contribution in [3.05, 3.63) is 29.6 Å². The van der Waals surface area contributed by atoms with Crippen LogP contribution in [0.5, 0.6) is 0 Å². The van der Waals surface area contributed by atoms with Crippen LogP contribution in [-0.2, 0) is 4.79 Å². The number of nitrogens with zero attached hydrogens (tertiary/aromatic N) is 1. The summed E-state index contributed by atoms with van der Waals surface area (Å²) in [6.45, 7) is 0.140. The van der Waals surface area contributed by atoms with E-state index in [1.165, 1.54) is 0 Å². The van der Waals surface area contributed by atoms with Gasteiger partial charge in [-0.05, 0) is 24.3 Å². The van der Waals surface area contributed by atoms with Crippen LogP contribution in [0, 0.1) is 17.2 Å². The summed E-state index contributed by atoms with van der Waals surface area (Å²) in [6.07, 6.45) is 3.27. The third-order valence-corrected chi connectivity index (χ3v) is 3.66. The first kappa shape index (κ1) is 14.4. The van der Waals surface area contributed by atoms with Crippen molar-refractivity contribution in [1.29, 1.82) is 0 Å². The molecule has 0 aliphatic heterocycles. The highest BCUT2D eigenvalue weighted by molar-refractivity contribution is 5.94. The largest absolute Gasteiger partial charge is 0.481 e. The van der Waals surface area contributed by atoms with E-state index in [4.69, 9.17) is 5.11 Å². The topological polar surface area (TPSA) is 79.3 Å². The minimum atomic E-state index is -1.33. The average Bonchev–Trinajstić information content (AvgIpc) is 2.35. The number of carboxylic acid groups (broad SMARTS) is 1. The fourth-order valence-electron chi connectivity index (χ4n) is 2.37. The van der Waals surface area contributed by atoms with Gasteiger partial charge in [-0.1, -0.05) is 6.42 Å². The first-order chi connectivity index (χ1) is 9.43. The molecule has 1 aliphatic carbocycles. The van der Waals surface area contributed by atoms with E-state index < -0.39 is 34.6 Å². The fourth-order valence-corrected chi connectivity index (χ4v) is 2.37. The van der Waals surface area contributed by atoms with Gasteiger partial charge >= 0.3 is 5.97 Å². The summed E-state index contributed by atoms with van der Waals surface area (Å²) in [4.78, 5) is 25.7. The maximum absolute atomic E-state index is 13.4. The van der Waals surface area contributed by atoms with Gasteiger partial charge in [0, 0.05) is 12.7 Å². The molecule has 1 saturated carbocycles. The minimum absolute atomic E-state index is 0.0412. The summed E-state index contributed by atoms with van der Waals surface area (Å²) >= 11 is 0. The molecule has 1 fully saturated rings. The lowest BCUT2D eigenvalue weighted by Gasteiger charge is -2.40. The zero-order valence-corrected chi connectivity index (χ0v) is 10.7. The first-order valence-corrected chi connectivity index (χ1v) is 6.23. The smallest absolute Gasteiger partial charge is 0.303 e. The Balaban J connectivity index is 2.01. The predicted molar refractivity (Wildman–Crippen MR) is 65.0 cm³/mol. The van der Waals surface area contributed by atoms with Gasteiger partial charge in [0.05, 0.1) is 12.0 Å². The Morgan fingerprint density at radius 2 is 2.10 bits per heavy atom. The second-order valence-corrected chi connectivity index (χ2v) is 5.07. The molecule has 20 heavy (non-hydrogen) atoms. The number of rotatable bonds is 5. The summed E-state index contributed by atoms with van der Waals surface area (Å²) < 4.78 is 26.3. The van der Waals surface area contributed by atoms with E-state index in [0.29, 0.717) is 12.8 Å². The van der Waals surface area contributed by atoms with Crippen LogP contribution in [0.4, 0.5) is 8.78 Å². The molecule has 0 saturated heterocycles. The number of hydrogen-bond donors (Lipinski definition) is 2. The molecule has 2 N–H and O–H groups in total. The molecule has 0 unspecified atom stereocenters. The lowest BCUT2D eigenvalue weighted by molar-refractivity contribution is -0.141. The van der Waals surface area contributed by atoms with Crippen LogP contribution in [0.25, 0.3) is 0 Å². The molecule has 5 nitrogen and oxygen atoms in total. The second kappa shape index (κ2) is 5.52. The molecular weight excluding hydrogens is 270 g/mol. The number of carbonyl (C=O) groups is 2. The van der Waals surface area contributed by atoms with E-state index in [-0.39, 0.29) is 13.0 Å². The van der Waals surface area contributed by atoms with Gasteiger partial charge in [-0.2, -0.15) is 4.39 Å². The van der Waals surface area contributed by atoms with E-state index >= 15 is 0 Å². The predicted octanol–water partition coefficient (Wildman–Crippen LogP) is 1.73. The summed E-state index contributed by atoms with van der Waals surface area (Å²) in [6, 6.07) is 1.08. The molecule has 0 spiro atoms. The molecule has 1 aromatic rings. The van der Waals surface area contributed by atoms with Gasteiger partial charge in [0.2, 0.25) is 5.95 Å². The minimum Gasteiger partial charge on any atom is -0.481 e. The molecule has 1 aromatic heterocycles. The van der Waals surface area contributed by atoms with Crippen molar-refractivity contribution in [2.75, 3.05) is 6.54 Å². The van der Waals surface area contributed by atoms with Crippen molar-refractivity contribution in [3.63, 3.8) is 0 Å². The Labute approximate surface area is 114 Å². The molecular formula is C13H14F2N2O3. The van der Waals surface area contributed by atoms with Crippen LogP contribution < -0.4 is 5.32 Å². The first-order valence-electron chi connectivity index (χ1n) is 6.23. The number of carboxylic acids is 1. The third-order valence-electron chi connectivity index (χ3n) is 3.66. The summed E-state index contributed by atoms with van der Waals surface area (Å²) in [5.74, 6) is -4.33. The van der Waals surface area contributed by atoms with E-state index in [9.17, 15) is 18.4 Å². The quantitative estimate of drug-likeness (QED) is 0.807. The number of amides is 1. The van der Waals surface area contributed by atoms with Crippen molar-refractivity contribution in [1.82, 2.24) is 10.3 Å². The fraction of sp³-hybridized carbons (Fsp3) is 0.462. The highest BCUT2D eigenvalue weighted by Crippen LogP contribution is 2.43. The maximum atomic E-state index is 13.4. The summed E-state index contributed by atoms with van der Waals surface area (Å²) in [7, 11) is 0. The molecule has 0 atom stereocenters. The van der Waals surface area contributed by atoms with Crippen molar-refractivity contribution < 1.29 is 23.5 Å². The van der Waals surface area contributed by atoms with Gasteiger partial charge in [-0.25, -0.2) is 9.37 Å². The van der Waals surface area contributed by atoms with E-state index in [1.54, 1.807) is 0 Å². The Hall–Kier alpha value is -2.05. The molecule has 2 rings (SSSR count). The van der Waals surface area contributed by atoms with E-state index in [2.05, 4.69) is 10.3 Å². The molecule has 0 radical (unpaired) electrons. The molecule has 1 aliphatic rings. The molecule has 108 valence electrons. The van der Waals surface area contributed by atoms with Crippen LogP contribution in [0.1, 0.15) is 36.0 Å². The van der Waals surface area contributed by atoms with Gasteiger partial charge in [-0.15, -0.1) is 0 Å². The molecule has 1 heterocycles. The van der Waals surface area contributed by atoms with E-state index in [1.807, 2.05) is 0 Å². The second-order valence-electron chi connectivity index (χ2n) is 5.07. The van der Waals surface area contributed by atoms with Gasteiger partial charge in [-0.3, -0.25) is 9.59 Å². The Kier molecular flexibility index (Phi) is 3.96. The maximum Gasteiger partial charge on any atom is 0.303 e. The highest BCUT2D eigenvalue weighted by atomic mass is 19.2. The van der Waals surface area contributed by atoms with Crippen molar-refractivity contribution in [3.8, 4) is 0 Å². The number of pyridine rings is 1. The van der Waals surface area contributed by atoms with Crippen molar-refractivity contribution in [2.24, 2.45) is 5.41 Å². The number of hydrogen-bond acceptors (Lipinski definition) is 3. The lowest BCUT2D eigenvalue weighted by atomic mass is 9.66. The Morgan fingerprint density at radius 3 is 2.65 bits per heavy atom. The van der Waals surface area contributed by atoms with Crippen LogP contribution >= 0.6 is 0 Å². The van der Waals surface area contributed by atoms with Gasteiger partial charge < -0.3 is 10.4 Å². The van der Waals surface area contributed by atoms with Gasteiger partial charge in [0.1, 0.15) is 0 Å². The summed E-state index contributed by atoms with van der Waals surface area (Å²) in [5, 5.41) is 11.3. The van der Waals surface area contributed by atoms with Gasteiger partial charge in [0.15, 0.2) is 5.82 Å². The molecule has 1 amide bonds. The van der Waals surface area contributed by atoms with Gasteiger partial charge in [0.25, 0.3) is 5.91 Å². The lowest BCUT2D eigenvalue weighted by Crippen LogP contribution is -2.43. The van der Waals surface area contributed by atoms with Crippen molar-refractivity contribution in [2.45, 2.75) is 25.7 Å². The average molecular weight is 284 g/mol. The SMILES string of the molecule is O=C(O)CC1(CNC(=O)c2ccnc(F)c2F)CCC1. The van der Waals surface area contributed by atoms with Crippen molar-refractivity contribution >= 4 is 11.9 Å². The van der Waals surface area contributed by atoms with Crippen LogP contribution in [0.15, 0.2) is 12.3 Å². The Morgan fingerprint density at radius 1 is 1.40 bits per heavy atom. The molecule has 0 aromatic carbocycles. The highest BCUT2D eigenvalue weighted by Gasteiger charge is 2.39. The number of carbonyl (C=O) groups excluding carboxylic acids is 1. The number of halogens is 2. The monoisotopic (exact) mass is 284 g/mol. The summed E-state index contributed by atoms with van der Waals surface area (Å²) in [5.41, 5.74) is -0.897. The van der Waals surface area contributed by atoms with Crippen LogP contribution in [-0.4, -0.2) is 28.5 Å². The zero-order chi connectivity index (χ0) is 14.8. The molecule has 7 heteroatoms. The standard InChI is InChI=1S/C13H14F2N2O3/c14-10-8(2-5-16-11(10)15)12(20)17-7-13(3-1-4-13)6-9(18)19/h2,5H,1,3-4,6-7H2,(H,17,20)(H,18,19). The number of aromatic nitrogens is 1. The van der Waals surface area contributed by atoms with E-state index in [0.717, 1.165) is 18.7 Å².